The van der Waals surface area contributed by atoms with E-state index in [0.717, 1.165) is 18.9 Å². The molecule has 1 aliphatic carbocycles. The average Bonchev–Trinajstić information content (AvgIpc) is 3.03. The molecule has 0 spiro atoms. The van der Waals surface area contributed by atoms with Crippen molar-refractivity contribution >= 4 is 33.1 Å². The van der Waals surface area contributed by atoms with Crippen molar-refractivity contribution in [2.24, 2.45) is 5.73 Å². The van der Waals surface area contributed by atoms with Gasteiger partial charge in [0.25, 0.3) is 10.2 Å². The standard InChI is InChI=1S/C10H12FN3O2S2/c11-8-5-6(10(12)17)1-4-9(8)14-18(15,16)13-7-2-3-7/h1,4-5,7,13-14H,2-3H2,(H2,12,17). The molecule has 18 heavy (non-hydrogen) atoms. The summed E-state index contributed by atoms with van der Waals surface area (Å²) in [7, 11) is -3.73. The van der Waals surface area contributed by atoms with E-state index < -0.39 is 16.0 Å². The Kier molecular flexibility index (Phi) is 3.51. The first-order chi connectivity index (χ1) is 8.37. The van der Waals surface area contributed by atoms with Crippen LogP contribution in [-0.4, -0.2) is 19.4 Å². The monoisotopic (exact) mass is 289 g/mol. The number of nitrogens with one attached hydrogen (secondary N) is 2. The summed E-state index contributed by atoms with van der Waals surface area (Å²) in [6.45, 7) is 0. The molecular formula is C10H12FN3O2S2. The van der Waals surface area contributed by atoms with E-state index in [9.17, 15) is 12.8 Å². The molecule has 98 valence electrons. The Labute approximate surface area is 110 Å². The summed E-state index contributed by atoms with van der Waals surface area (Å²) in [5.74, 6) is -0.721. The van der Waals surface area contributed by atoms with Gasteiger partial charge in [-0.1, -0.05) is 12.2 Å². The average molecular weight is 289 g/mol. The van der Waals surface area contributed by atoms with E-state index >= 15 is 0 Å². The molecule has 1 aliphatic rings. The minimum atomic E-state index is -3.73. The third-order valence-corrected chi connectivity index (χ3v) is 3.77. The van der Waals surface area contributed by atoms with Gasteiger partial charge >= 0.3 is 0 Å². The molecule has 5 nitrogen and oxygen atoms in total. The summed E-state index contributed by atoms with van der Waals surface area (Å²) >= 11 is 4.70. The fourth-order valence-electron chi connectivity index (χ4n) is 1.35. The van der Waals surface area contributed by atoms with E-state index in [1.807, 2.05) is 0 Å². The highest BCUT2D eigenvalue weighted by Crippen LogP contribution is 2.21. The summed E-state index contributed by atoms with van der Waals surface area (Å²) in [5.41, 5.74) is 5.56. The predicted molar refractivity (Wildman–Crippen MR) is 71.0 cm³/mol. The van der Waals surface area contributed by atoms with Crippen LogP contribution in [0.3, 0.4) is 0 Å². The molecule has 0 aliphatic heterocycles. The number of thiocarbonyl (C=S) groups is 1. The molecule has 0 bridgehead atoms. The highest BCUT2D eigenvalue weighted by Gasteiger charge is 2.27. The normalized spacial score (nSPS) is 15.4. The minimum absolute atomic E-state index is 0.0403. The van der Waals surface area contributed by atoms with Crippen molar-refractivity contribution in [3.05, 3.63) is 29.6 Å². The molecule has 0 radical (unpaired) electrons. The maximum Gasteiger partial charge on any atom is 0.299 e. The van der Waals surface area contributed by atoms with Gasteiger partial charge in [-0.3, -0.25) is 4.72 Å². The summed E-state index contributed by atoms with van der Waals surface area (Å²) in [4.78, 5) is 0.0550. The van der Waals surface area contributed by atoms with Crippen molar-refractivity contribution in [1.29, 1.82) is 0 Å². The second kappa shape index (κ2) is 4.79. The Balaban J connectivity index is 2.16. The van der Waals surface area contributed by atoms with E-state index in [1.54, 1.807) is 0 Å². The molecule has 0 unspecified atom stereocenters. The van der Waals surface area contributed by atoms with Gasteiger partial charge in [0, 0.05) is 11.6 Å². The van der Waals surface area contributed by atoms with Crippen LogP contribution >= 0.6 is 12.2 Å². The Hall–Kier alpha value is -1.25. The molecule has 2 rings (SSSR count). The van der Waals surface area contributed by atoms with E-state index in [4.69, 9.17) is 18.0 Å². The first-order valence-electron chi connectivity index (χ1n) is 5.27. The SMILES string of the molecule is NC(=S)c1ccc(NS(=O)(=O)NC2CC2)c(F)c1. The minimum Gasteiger partial charge on any atom is -0.389 e. The molecule has 1 saturated carbocycles. The van der Waals surface area contributed by atoms with Gasteiger partial charge in [-0.2, -0.15) is 13.1 Å². The molecule has 1 fully saturated rings. The largest absolute Gasteiger partial charge is 0.389 e. The quantitative estimate of drug-likeness (QED) is 0.702. The maximum absolute atomic E-state index is 13.6. The Morgan fingerprint density at radius 1 is 1.44 bits per heavy atom. The van der Waals surface area contributed by atoms with E-state index in [2.05, 4.69) is 9.44 Å². The van der Waals surface area contributed by atoms with Crippen LogP contribution in [0.5, 0.6) is 0 Å². The first kappa shape index (κ1) is 13.2. The fraction of sp³-hybridized carbons (Fsp3) is 0.300. The molecular weight excluding hydrogens is 277 g/mol. The molecule has 1 aromatic rings. The van der Waals surface area contributed by atoms with E-state index in [-0.39, 0.29) is 16.7 Å². The lowest BCUT2D eigenvalue weighted by Crippen LogP contribution is -2.32. The van der Waals surface area contributed by atoms with Crippen LogP contribution < -0.4 is 15.2 Å². The van der Waals surface area contributed by atoms with Crippen LogP contribution in [0, 0.1) is 5.82 Å². The first-order valence-corrected chi connectivity index (χ1v) is 7.16. The smallest absolute Gasteiger partial charge is 0.299 e. The lowest BCUT2D eigenvalue weighted by molar-refractivity contribution is 0.584. The van der Waals surface area contributed by atoms with Gasteiger partial charge in [-0.25, -0.2) is 4.39 Å². The van der Waals surface area contributed by atoms with Crippen LogP contribution in [0.25, 0.3) is 0 Å². The van der Waals surface area contributed by atoms with Crippen LogP contribution in [0.15, 0.2) is 18.2 Å². The summed E-state index contributed by atoms with van der Waals surface area (Å²) in [6.07, 6.45) is 1.62. The topological polar surface area (TPSA) is 84.2 Å². The van der Waals surface area contributed by atoms with E-state index in [0.29, 0.717) is 5.56 Å². The van der Waals surface area contributed by atoms with Crippen LogP contribution in [0.4, 0.5) is 10.1 Å². The summed E-state index contributed by atoms with van der Waals surface area (Å²) < 4.78 is 41.3. The molecule has 0 atom stereocenters. The Bertz CT molecular complexity index is 585. The van der Waals surface area contributed by atoms with Gasteiger partial charge in [0.1, 0.15) is 10.8 Å². The Morgan fingerprint density at radius 2 is 2.11 bits per heavy atom. The van der Waals surface area contributed by atoms with Crippen LogP contribution in [0.2, 0.25) is 0 Å². The van der Waals surface area contributed by atoms with Crippen molar-refractivity contribution in [2.75, 3.05) is 4.72 Å². The predicted octanol–water partition coefficient (Wildman–Crippen LogP) is 0.869. The number of nitrogens with two attached hydrogens (primary N) is 1. The van der Waals surface area contributed by atoms with Crippen LogP contribution in [0.1, 0.15) is 18.4 Å². The zero-order chi connectivity index (χ0) is 13.3. The van der Waals surface area contributed by atoms with Crippen LogP contribution in [-0.2, 0) is 10.2 Å². The maximum atomic E-state index is 13.6. The molecule has 0 heterocycles. The number of hydrogen-bond donors (Lipinski definition) is 3. The highest BCUT2D eigenvalue weighted by molar-refractivity contribution is 7.90. The van der Waals surface area contributed by atoms with Gasteiger partial charge in [-0.05, 0) is 31.0 Å². The van der Waals surface area contributed by atoms with Crippen molar-refractivity contribution < 1.29 is 12.8 Å². The van der Waals surface area contributed by atoms with E-state index in [1.165, 1.54) is 12.1 Å². The van der Waals surface area contributed by atoms with Gasteiger partial charge in [0.15, 0.2) is 0 Å². The number of halogens is 1. The number of hydrogen-bond acceptors (Lipinski definition) is 3. The fourth-order valence-corrected chi connectivity index (χ4v) is 2.66. The number of benzene rings is 1. The van der Waals surface area contributed by atoms with Gasteiger partial charge in [0.2, 0.25) is 0 Å². The second-order valence-electron chi connectivity index (χ2n) is 4.06. The molecule has 1 aromatic carbocycles. The van der Waals surface area contributed by atoms with Gasteiger partial charge in [0.05, 0.1) is 5.69 Å². The lowest BCUT2D eigenvalue weighted by Gasteiger charge is -2.10. The summed E-state index contributed by atoms with van der Waals surface area (Å²) in [6, 6.07) is 3.80. The van der Waals surface area contributed by atoms with Crippen molar-refractivity contribution in [3.63, 3.8) is 0 Å². The number of rotatable bonds is 5. The van der Waals surface area contributed by atoms with Gasteiger partial charge in [-0.15, -0.1) is 0 Å². The molecule has 4 N–H and O–H groups in total. The third kappa shape index (κ3) is 3.37. The number of anilines is 1. The second-order valence-corrected chi connectivity index (χ2v) is 5.94. The van der Waals surface area contributed by atoms with Crippen molar-refractivity contribution in [2.45, 2.75) is 18.9 Å². The Morgan fingerprint density at radius 3 is 2.61 bits per heavy atom. The lowest BCUT2D eigenvalue weighted by atomic mass is 10.2. The third-order valence-electron chi connectivity index (χ3n) is 2.40. The van der Waals surface area contributed by atoms with Gasteiger partial charge < -0.3 is 5.73 Å². The molecule has 0 amide bonds. The zero-order valence-corrected chi connectivity index (χ0v) is 10.9. The summed E-state index contributed by atoms with van der Waals surface area (Å²) in [5, 5.41) is 0. The van der Waals surface area contributed by atoms with Crippen molar-refractivity contribution in [3.8, 4) is 0 Å². The molecule has 0 saturated heterocycles. The highest BCUT2D eigenvalue weighted by atomic mass is 32.2. The van der Waals surface area contributed by atoms with Crippen molar-refractivity contribution in [1.82, 2.24) is 4.72 Å². The zero-order valence-electron chi connectivity index (χ0n) is 9.31. The molecule has 0 aromatic heterocycles. The molecule has 8 heteroatoms.